The summed E-state index contributed by atoms with van der Waals surface area (Å²) in [5.74, 6) is -0.397. The molecule has 2 aromatic carbocycles. The molecule has 0 aliphatic rings. The van der Waals surface area contributed by atoms with Gasteiger partial charge in [-0.3, -0.25) is 4.79 Å². The van der Waals surface area contributed by atoms with Crippen LogP contribution in [0.5, 0.6) is 0 Å². The van der Waals surface area contributed by atoms with Crippen LogP contribution < -0.4 is 11.1 Å². The molecular weight excluding hydrogens is 386 g/mol. The molecule has 3 N–H and O–H groups in total. The Morgan fingerprint density at radius 2 is 1.70 bits per heavy atom. The number of amides is 1. The predicted molar refractivity (Wildman–Crippen MR) is 111 cm³/mol. The number of hydrogen-bond donors (Lipinski definition) is 2. The van der Waals surface area contributed by atoms with Crippen molar-refractivity contribution in [3.05, 3.63) is 59.7 Å². The molecule has 0 aromatic heterocycles. The monoisotopic (exact) mass is 411 g/mol. The number of hydrogen-bond acceptors (Lipinski definition) is 4. The van der Waals surface area contributed by atoms with Crippen LogP contribution in [0, 0.1) is 6.92 Å². The third kappa shape index (κ3) is 5.29. The van der Waals surface area contributed by atoms with Crippen LogP contribution in [0.15, 0.2) is 53.4 Å². The molecule has 0 aliphatic carbocycles. The Hall–Kier alpha value is -1.93. The van der Waals surface area contributed by atoms with Crippen LogP contribution in [0.2, 0.25) is 0 Å². The maximum atomic E-state index is 12.8. The third-order valence-corrected chi connectivity index (χ3v) is 6.41. The molecule has 148 valence electrons. The third-order valence-electron chi connectivity index (χ3n) is 4.22. The standard InChI is InChI=1S/C19H25N3O3S.ClH/c1-4-22(5-2)26(24,25)17-13-16(12-11-14(17)3)21-19(23)18(20)15-9-7-6-8-10-15;/h6-13,18H,4-5,20H2,1-3H3,(H,21,23);1H. The molecule has 0 saturated heterocycles. The zero-order valence-electron chi connectivity index (χ0n) is 15.7. The Labute approximate surface area is 167 Å². The van der Waals surface area contributed by atoms with Crippen LogP contribution in [0.25, 0.3) is 0 Å². The zero-order chi connectivity index (χ0) is 19.3. The number of sulfonamides is 1. The lowest BCUT2D eigenvalue weighted by atomic mass is 10.1. The predicted octanol–water partition coefficient (Wildman–Crippen LogP) is 3.09. The molecule has 2 rings (SSSR count). The van der Waals surface area contributed by atoms with Crippen molar-refractivity contribution >= 4 is 34.0 Å². The van der Waals surface area contributed by atoms with Crippen molar-refractivity contribution in [1.82, 2.24) is 4.31 Å². The Kier molecular flexibility index (Phi) is 8.43. The molecule has 8 heteroatoms. The van der Waals surface area contributed by atoms with Crippen molar-refractivity contribution < 1.29 is 13.2 Å². The van der Waals surface area contributed by atoms with Crippen LogP contribution in [0.4, 0.5) is 5.69 Å². The van der Waals surface area contributed by atoms with Crippen LogP contribution in [0.3, 0.4) is 0 Å². The molecule has 0 heterocycles. The normalized spacial score (nSPS) is 12.3. The second-order valence-corrected chi connectivity index (χ2v) is 7.85. The fourth-order valence-corrected chi connectivity index (χ4v) is 4.40. The highest BCUT2D eigenvalue weighted by molar-refractivity contribution is 7.89. The van der Waals surface area contributed by atoms with Gasteiger partial charge < -0.3 is 11.1 Å². The number of halogens is 1. The van der Waals surface area contributed by atoms with Gasteiger partial charge in [-0.25, -0.2) is 8.42 Å². The average molecular weight is 412 g/mol. The van der Waals surface area contributed by atoms with E-state index in [4.69, 9.17) is 5.73 Å². The summed E-state index contributed by atoms with van der Waals surface area (Å²) < 4.78 is 27.0. The minimum Gasteiger partial charge on any atom is -0.324 e. The molecule has 0 radical (unpaired) electrons. The van der Waals surface area contributed by atoms with E-state index in [9.17, 15) is 13.2 Å². The molecule has 2 aromatic rings. The first-order valence-corrected chi connectivity index (χ1v) is 9.97. The SMILES string of the molecule is CCN(CC)S(=O)(=O)c1cc(NC(=O)C(N)c2ccccc2)ccc1C.Cl. The highest BCUT2D eigenvalue weighted by atomic mass is 35.5. The summed E-state index contributed by atoms with van der Waals surface area (Å²) in [6.07, 6.45) is 0. The highest BCUT2D eigenvalue weighted by Gasteiger charge is 2.24. The lowest BCUT2D eigenvalue weighted by Gasteiger charge is -2.20. The molecule has 1 atom stereocenters. The maximum absolute atomic E-state index is 12.8. The number of nitrogens with two attached hydrogens (primary N) is 1. The molecule has 0 aliphatic heterocycles. The first kappa shape index (κ1) is 23.1. The van der Waals surface area contributed by atoms with Gasteiger partial charge in [0.05, 0.1) is 4.90 Å². The Morgan fingerprint density at radius 3 is 2.26 bits per heavy atom. The van der Waals surface area contributed by atoms with Crippen molar-refractivity contribution in [3.63, 3.8) is 0 Å². The van der Waals surface area contributed by atoms with Gasteiger partial charge in [0.1, 0.15) is 6.04 Å². The number of aryl methyl sites for hydroxylation is 1. The van der Waals surface area contributed by atoms with Gasteiger partial charge in [-0.1, -0.05) is 50.2 Å². The summed E-state index contributed by atoms with van der Waals surface area (Å²) in [6.45, 7) is 6.08. The van der Waals surface area contributed by atoms with Gasteiger partial charge in [0.15, 0.2) is 0 Å². The number of carbonyl (C=O) groups is 1. The van der Waals surface area contributed by atoms with E-state index in [1.54, 1.807) is 45.0 Å². The molecule has 0 bridgehead atoms. The number of anilines is 1. The molecule has 6 nitrogen and oxygen atoms in total. The number of rotatable bonds is 7. The van der Waals surface area contributed by atoms with Gasteiger partial charge in [0, 0.05) is 18.8 Å². The summed E-state index contributed by atoms with van der Waals surface area (Å²) in [5, 5.41) is 2.71. The molecule has 0 spiro atoms. The lowest BCUT2D eigenvalue weighted by Crippen LogP contribution is -2.31. The van der Waals surface area contributed by atoms with Crippen LogP contribution >= 0.6 is 12.4 Å². The molecule has 27 heavy (non-hydrogen) atoms. The van der Waals surface area contributed by atoms with E-state index >= 15 is 0 Å². The summed E-state index contributed by atoms with van der Waals surface area (Å²) in [4.78, 5) is 12.6. The van der Waals surface area contributed by atoms with E-state index in [2.05, 4.69) is 5.32 Å². The van der Waals surface area contributed by atoms with Gasteiger partial charge in [-0.15, -0.1) is 12.4 Å². The zero-order valence-corrected chi connectivity index (χ0v) is 17.3. The Bertz CT molecular complexity index is 869. The summed E-state index contributed by atoms with van der Waals surface area (Å²) >= 11 is 0. The maximum Gasteiger partial charge on any atom is 0.245 e. The lowest BCUT2D eigenvalue weighted by molar-refractivity contribution is -0.117. The number of nitrogens with one attached hydrogen (secondary N) is 1. The second kappa shape index (κ2) is 9.85. The highest BCUT2D eigenvalue weighted by Crippen LogP contribution is 2.24. The van der Waals surface area contributed by atoms with Gasteiger partial charge in [-0.05, 0) is 30.2 Å². The van der Waals surface area contributed by atoms with Crippen molar-refractivity contribution in [2.24, 2.45) is 5.73 Å². The van der Waals surface area contributed by atoms with Crippen molar-refractivity contribution in [1.29, 1.82) is 0 Å². The van der Waals surface area contributed by atoms with Gasteiger partial charge in [-0.2, -0.15) is 4.31 Å². The fourth-order valence-electron chi connectivity index (χ4n) is 2.69. The van der Waals surface area contributed by atoms with Crippen molar-refractivity contribution in [2.75, 3.05) is 18.4 Å². The number of benzene rings is 2. The molecule has 1 amide bonds. The van der Waals surface area contributed by atoms with Gasteiger partial charge >= 0.3 is 0 Å². The Balaban J connectivity index is 0.00000364. The number of nitrogens with zero attached hydrogens (tertiary/aromatic N) is 1. The molecule has 1 unspecified atom stereocenters. The molecule has 0 saturated carbocycles. The first-order valence-electron chi connectivity index (χ1n) is 8.53. The largest absolute Gasteiger partial charge is 0.324 e. The van der Waals surface area contributed by atoms with Crippen molar-refractivity contribution in [3.8, 4) is 0 Å². The smallest absolute Gasteiger partial charge is 0.245 e. The van der Waals surface area contributed by atoms with Gasteiger partial charge in [0.25, 0.3) is 0 Å². The van der Waals surface area contributed by atoms with E-state index in [-0.39, 0.29) is 17.3 Å². The first-order chi connectivity index (χ1) is 12.3. The van der Waals surface area contributed by atoms with Gasteiger partial charge in [0.2, 0.25) is 15.9 Å². The van der Waals surface area contributed by atoms with E-state index < -0.39 is 22.0 Å². The summed E-state index contributed by atoms with van der Waals surface area (Å²) in [6, 6.07) is 13.0. The molecular formula is C19H26ClN3O3S. The summed E-state index contributed by atoms with van der Waals surface area (Å²) in [5.41, 5.74) is 7.71. The average Bonchev–Trinajstić information content (AvgIpc) is 2.64. The van der Waals surface area contributed by atoms with E-state index in [0.29, 0.717) is 29.9 Å². The van der Waals surface area contributed by atoms with Crippen LogP contribution in [-0.2, 0) is 14.8 Å². The number of carbonyl (C=O) groups excluding carboxylic acids is 1. The fraction of sp³-hybridized carbons (Fsp3) is 0.316. The van der Waals surface area contributed by atoms with Crippen LogP contribution in [-0.4, -0.2) is 31.7 Å². The Morgan fingerprint density at radius 1 is 1.11 bits per heavy atom. The quantitative estimate of drug-likeness (QED) is 0.732. The minimum atomic E-state index is -3.61. The second-order valence-electron chi connectivity index (χ2n) is 5.95. The van der Waals surface area contributed by atoms with Crippen LogP contribution in [0.1, 0.15) is 31.0 Å². The minimum absolute atomic E-state index is 0. The van der Waals surface area contributed by atoms with E-state index in [1.165, 1.54) is 10.4 Å². The molecule has 0 fully saturated rings. The topological polar surface area (TPSA) is 92.5 Å². The van der Waals surface area contributed by atoms with E-state index in [0.717, 1.165) is 0 Å². The van der Waals surface area contributed by atoms with E-state index in [1.807, 2.05) is 18.2 Å². The summed E-state index contributed by atoms with van der Waals surface area (Å²) in [7, 11) is -3.61. The van der Waals surface area contributed by atoms with Crippen molar-refractivity contribution in [2.45, 2.75) is 31.7 Å².